The second-order valence-electron chi connectivity index (χ2n) is 5.82. The number of nitrogens with zero attached hydrogens (tertiary/aromatic N) is 1. The Morgan fingerprint density at radius 3 is 2.67 bits per heavy atom. The van der Waals surface area contributed by atoms with Crippen LogP contribution in [0.4, 0.5) is 4.39 Å². The average molecular weight is 365 g/mol. The molecule has 1 unspecified atom stereocenters. The van der Waals surface area contributed by atoms with Crippen LogP contribution in [0.2, 0.25) is 5.02 Å². The third-order valence-corrected chi connectivity index (χ3v) is 5.53. The second-order valence-corrected chi connectivity index (χ2v) is 7.40. The smallest absolute Gasteiger partial charge is 0.240 e. The summed E-state index contributed by atoms with van der Waals surface area (Å²) in [6.45, 7) is 1.25. The van der Waals surface area contributed by atoms with Crippen LogP contribution in [0.3, 0.4) is 0 Å². The lowest BCUT2D eigenvalue weighted by Crippen LogP contribution is -2.34. The van der Waals surface area contributed by atoms with Crippen LogP contribution in [-0.2, 0) is 4.79 Å². The Morgan fingerprint density at radius 2 is 2.04 bits per heavy atom. The fourth-order valence-corrected chi connectivity index (χ4v) is 4.12. The van der Waals surface area contributed by atoms with Gasteiger partial charge in [0.25, 0.3) is 0 Å². The molecular weight excluding hydrogens is 347 g/mol. The molecule has 3 rings (SSSR count). The molecule has 1 amide bonds. The van der Waals surface area contributed by atoms with Gasteiger partial charge in [-0.2, -0.15) is 0 Å². The van der Waals surface area contributed by atoms with Crippen LogP contribution in [0.1, 0.15) is 17.2 Å². The predicted octanol–water partition coefficient (Wildman–Crippen LogP) is 3.87. The molecule has 126 valence electrons. The van der Waals surface area contributed by atoms with Crippen LogP contribution in [0, 0.1) is 5.82 Å². The van der Waals surface area contributed by atoms with Crippen molar-refractivity contribution in [2.24, 2.45) is 5.73 Å². The summed E-state index contributed by atoms with van der Waals surface area (Å²) < 4.78 is 13.4. The number of hydrogen-bond donors (Lipinski definition) is 1. The van der Waals surface area contributed by atoms with Gasteiger partial charge in [-0.15, -0.1) is 11.8 Å². The van der Waals surface area contributed by atoms with Gasteiger partial charge in [0.1, 0.15) is 11.1 Å². The van der Waals surface area contributed by atoms with E-state index >= 15 is 0 Å². The maximum atomic E-state index is 13.4. The van der Waals surface area contributed by atoms with Gasteiger partial charge in [0.05, 0.1) is 5.02 Å². The van der Waals surface area contributed by atoms with Gasteiger partial charge in [-0.1, -0.05) is 41.9 Å². The van der Waals surface area contributed by atoms with E-state index in [1.165, 1.54) is 17.8 Å². The van der Waals surface area contributed by atoms with Crippen LogP contribution in [0.5, 0.6) is 0 Å². The molecule has 2 atom stereocenters. The van der Waals surface area contributed by atoms with Gasteiger partial charge in [-0.3, -0.25) is 4.79 Å². The highest BCUT2D eigenvalue weighted by Gasteiger charge is 2.31. The van der Waals surface area contributed by atoms with Gasteiger partial charge in [0, 0.05) is 24.0 Å². The molecule has 0 saturated carbocycles. The van der Waals surface area contributed by atoms with Gasteiger partial charge in [-0.05, 0) is 30.2 Å². The van der Waals surface area contributed by atoms with Crippen molar-refractivity contribution >= 4 is 29.3 Å². The maximum Gasteiger partial charge on any atom is 0.240 e. The van der Waals surface area contributed by atoms with E-state index in [-0.39, 0.29) is 17.0 Å². The van der Waals surface area contributed by atoms with Crippen molar-refractivity contribution in [3.8, 4) is 0 Å². The summed E-state index contributed by atoms with van der Waals surface area (Å²) in [4.78, 5) is 15.6. The highest BCUT2D eigenvalue weighted by atomic mass is 35.5. The molecule has 1 heterocycles. The van der Waals surface area contributed by atoms with Gasteiger partial charge >= 0.3 is 0 Å². The lowest BCUT2D eigenvalue weighted by Gasteiger charge is -2.23. The van der Waals surface area contributed by atoms with E-state index < -0.39 is 11.1 Å². The lowest BCUT2D eigenvalue weighted by molar-refractivity contribution is -0.129. The van der Waals surface area contributed by atoms with Crippen LogP contribution in [-0.4, -0.2) is 29.9 Å². The highest BCUT2D eigenvalue weighted by Crippen LogP contribution is 2.38. The minimum Gasteiger partial charge on any atom is -0.340 e. The van der Waals surface area contributed by atoms with Gasteiger partial charge in [-0.25, -0.2) is 4.39 Å². The first kappa shape index (κ1) is 17.3. The summed E-state index contributed by atoms with van der Waals surface area (Å²) in [6, 6.07) is 14.1. The molecular formula is C18H18ClFN2OS. The first-order valence-electron chi connectivity index (χ1n) is 7.75. The Bertz CT molecular complexity index is 728. The normalized spacial score (nSPS) is 18.6. The van der Waals surface area contributed by atoms with Gasteiger partial charge in [0.2, 0.25) is 5.91 Å². The molecule has 1 aliphatic heterocycles. The number of benzene rings is 2. The minimum atomic E-state index is -0.464. The zero-order chi connectivity index (χ0) is 17.1. The van der Waals surface area contributed by atoms with E-state index in [1.807, 2.05) is 30.3 Å². The first-order valence-corrected chi connectivity index (χ1v) is 9.01. The van der Waals surface area contributed by atoms with E-state index in [9.17, 15) is 9.18 Å². The number of carbonyl (C=O) groups excluding carboxylic acids is 1. The quantitative estimate of drug-likeness (QED) is 0.837. The highest BCUT2D eigenvalue weighted by molar-refractivity contribution is 8.00. The van der Waals surface area contributed by atoms with Crippen molar-refractivity contribution in [1.82, 2.24) is 4.90 Å². The van der Waals surface area contributed by atoms with E-state index in [2.05, 4.69) is 0 Å². The van der Waals surface area contributed by atoms with Crippen molar-refractivity contribution < 1.29 is 9.18 Å². The van der Waals surface area contributed by atoms with Crippen molar-refractivity contribution in [2.75, 3.05) is 13.1 Å². The summed E-state index contributed by atoms with van der Waals surface area (Å²) in [5.41, 5.74) is 6.84. The summed E-state index contributed by atoms with van der Waals surface area (Å²) in [5, 5.41) is -0.347. The van der Waals surface area contributed by atoms with Crippen molar-refractivity contribution in [3.63, 3.8) is 0 Å². The number of halogens is 2. The Balaban J connectivity index is 1.87. The fraction of sp³-hybridized carbons (Fsp3) is 0.278. The number of nitrogens with two attached hydrogens (primary N) is 1. The molecule has 1 saturated heterocycles. The first-order chi connectivity index (χ1) is 11.5. The number of hydrogen-bond acceptors (Lipinski definition) is 3. The topological polar surface area (TPSA) is 46.3 Å². The number of carbonyl (C=O) groups is 1. The number of likely N-dealkylation sites (tertiary alicyclic amines) is 1. The van der Waals surface area contributed by atoms with Gasteiger partial charge < -0.3 is 10.6 Å². The standard InChI is InChI=1S/C18H18ClFN2OS/c19-15-10-14(6-7-16(15)20)24-17(12-4-2-1-3-5-12)18(23)22-9-8-13(21)11-22/h1-7,10,13,17H,8-9,11,21H2/t13-,17?/m1/s1. The molecule has 0 aliphatic carbocycles. The lowest BCUT2D eigenvalue weighted by atomic mass is 10.1. The van der Waals surface area contributed by atoms with Crippen LogP contribution in [0.15, 0.2) is 53.4 Å². The second kappa shape index (κ2) is 7.55. The summed E-state index contributed by atoms with van der Waals surface area (Å²) in [6.07, 6.45) is 0.820. The number of rotatable bonds is 4. The Labute approximate surface area is 150 Å². The van der Waals surface area contributed by atoms with Crippen molar-refractivity contribution in [3.05, 3.63) is 64.9 Å². The SMILES string of the molecule is N[C@@H]1CCN(C(=O)C(Sc2ccc(F)c(Cl)c2)c2ccccc2)C1. The third kappa shape index (κ3) is 3.91. The molecule has 6 heteroatoms. The monoisotopic (exact) mass is 364 g/mol. The molecule has 1 aliphatic rings. The molecule has 0 spiro atoms. The van der Waals surface area contributed by atoms with E-state index in [0.717, 1.165) is 16.9 Å². The molecule has 0 radical (unpaired) electrons. The van der Waals surface area contributed by atoms with Crippen LogP contribution >= 0.6 is 23.4 Å². The number of thioether (sulfide) groups is 1. The maximum absolute atomic E-state index is 13.4. The average Bonchev–Trinajstić information content (AvgIpc) is 3.02. The zero-order valence-corrected chi connectivity index (χ0v) is 14.6. The molecule has 2 aromatic rings. The predicted molar refractivity (Wildman–Crippen MR) is 95.6 cm³/mol. The van der Waals surface area contributed by atoms with Gasteiger partial charge in [0.15, 0.2) is 0 Å². The Kier molecular flexibility index (Phi) is 5.43. The summed E-state index contributed by atoms with van der Waals surface area (Å²) in [7, 11) is 0. The third-order valence-electron chi connectivity index (χ3n) is 4.01. The van der Waals surface area contributed by atoms with E-state index in [4.69, 9.17) is 17.3 Å². The van der Waals surface area contributed by atoms with E-state index in [1.54, 1.807) is 17.0 Å². The Morgan fingerprint density at radius 1 is 1.29 bits per heavy atom. The molecule has 3 nitrogen and oxygen atoms in total. The number of amides is 1. The zero-order valence-electron chi connectivity index (χ0n) is 13.0. The van der Waals surface area contributed by atoms with Crippen molar-refractivity contribution in [2.45, 2.75) is 22.6 Å². The molecule has 2 aromatic carbocycles. The van der Waals surface area contributed by atoms with Crippen LogP contribution in [0.25, 0.3) is 0 Å². The fourth-order valence-electron chi connectivity index (χ4n) is 2.73. The van der Waals surface area contributed by atoms with Crippen molar-refractivity contribution in [1.29, 1.82) is 0 Å². The van der Waals surface area contributed by atoms with Crippen LogP contribution < -0.4 is 5.73 Å². The van der Waals surface area contributed by atoms with E-state index in [0.29, 0.717) is 13.1 Å². The Hall–Kier alpha value is -1.56. The molecule has 0 bridgehead atoms. The molecule has 24 heavy (non-hydrogen) atoms. The molecule has 1 fully saturated rings. The molecule has 0 aromatic heterocycles. The summed E-state index contributed by atoms with van der Waals surface area (Å²) in [5.74, 6) is -0.436. The largest absolute Gasteiger partial charge is 0.340 e. The molecule has 2 N–H and O–H groups in total. The minimum absolute atomic E-state index is 0.0274. The summed E-state index contributed by atoms with van der Waals surface area (Å²) >= 11 is 7.25.